The molecule has 0 atom stereocenters. The summed E-state index contributed by atoms with van der Waals surface area (Å²) in [5.41, 5.74) is 0.333. The molecule has 0 aliphatic carbocycles. The van der Waals surface area contributed by atoms with Crippen molar-refractivity contribution in [1.29, 1.82) is 0 Å². The molecule has 5 nitrogen and oxygen atoms in total. The lowest BCUT2D eigenvalue weighted by molar-refractivity contribution is 0.423. The fourth-order valence-corrected chi connectivity index (χ4v) is 2.43. The van der Waals surface area contributed by atoms with Crippen LogP contribution in [0.3, 0.4) is 0 Å². The molecule has 0 aliphatic heterocycles. The predicted molar refractivity (Wildman–Crippen MR) is 78.0 cm³/mol. The standard InChI is InChI=1S/C16H10N2O3/c1-9-17-15(21-18-9)13-8-12-11-5-3-2-4-10(11)6-7-14(12)20-16(13)19/h2-8H,1H3. The first-order valence-corrected chi connectivity index (χ1v) is 6.49. The van der Waals surface area contributed by atoms with E-state index in [-0.39, 0.29) is 11.5 Å². The van der Waals surface area contributed by atoms with Gasteiger partial charge >= 0.3 is 5.63 Å². The number of nitrogens with zero attached hydrogens (tertiary/aromatic N) is 2. The van der Waals surface area contributed by atoms with Crippen LogP contribution in [0.1, 0.15) is 5.82 Å². The van der Waals surface area contributed by atoms with Gasteiger partial charge in [0, 0.05) is 5.39 Å². The van der Waals surface area contributed by atoms with Crippen molar-refractivity contribution < 1.29 is 8.94 Å². The van der Waals surface area contributed by atoms with Crippen molar-refractivity contribution in [2.24, 2.45) is 0 Å². The SMILES string of the molecule is Cc1noc(-c2cc3c(ccc4ccccc43)oc2=O)n1. The van der Waals surface area contributed by atoms with Gasteiger partial charge in [0.25, 0.3) is 5.89 Å². The number of aryl methyl sites for hydroxylation is 1. The van der Waals surface area contributed by atoms with Gasteiger partial charge in [-0.15, -0.1) is 0 Å². The topological polar surface area (TPSA) is 69.1 Å². The fourth-order valence-electron chi connectivity index (χ4n) is 2.43. The van der Waals surface area contributed by atoms with Gasteiger partial charge in [-0.3, -0.25) is 0 Å². The largest absolute Gasteiger partial charge is 0.422 e. The highest BCUT2D eigenvalue weighted by atomic mass is 16.5. The van der Waals surface area contributed by atoms with E-state index in [1.165, 1.54) is 0 Å². The van der Waals surface area contributed by atoms with Gasteiger partial charge in [0.2, 0.25) is 0 Å². The average Bonchev–Trinajstić information content (AvgIpc) is 2.92. The fraction of sp³-hybridized carbons (Fsp3) is 0.0625. The van der Waals surface area contributed by atoms with E-state index in [0.717, 1.165) is 16.2 Å². The van der Waals surface area contributed by atoms with Gasteiger partial charge in [-0.25, -0.2) is 4.79 Å². The molecule has 102 valence electrons. The zero-order valence-electron chi connectivity index (χ0n) is 11.2. The van der Waals surface area contributed by atoms with Crippen LogP contribution in [0.15, 0.2) is 56.2 Å². The molecule has 2 heterocycles. The van der Waals surface area contributed by atoms with E-state index < -0.39 is 5.63 Å². The van der Waals surface area contributed by atoms with E-state index in [4.69, 9.17) is 8.94 Å². The number of fused-ring (bicyclic) bond motifs is 3. The smallest absolute Gasteiger partial charge is 0.349 e. The average molecular weight is 278 g/mol. The van der Waals surface area contributed by atoms with E-state index in [0.29, 0.717) is 11.4 Å². The first-order valence-electron chi connectivity index (χ1n) is 6.49. The maximum atomic E-state index is 12.1. The maximum absolute atomic E-state index is 12.1. The highest BCUT2D eigenvalue weighted by Gasteiger charge is 2.14. The second-order valence-corrected chi connectivity index (χ2v) is 4.79. The van der Waals surface area contributed by atoms with Gasteiger partial charge in [0.15, 0.2) is 5.82 Å². The lowest BCUT2D eigenvalue weighted by Crippen LogP contribution is -2.03. The third-order valence-electron chi connectivity index (χ3n) is 3.40. The minimum atomic E-state index is -0.485. The molecule has 0 spiro atoms. The van der Waals surface area contributed by atoms with Gasteiger partial charge < -0.3 is 8.94 Å². The summed E-state index contributed by atoms with van der Waals surface area (Å²) in [7, 11) is 0. The molecule has 0 bridgehead atoms. The van der Waals surface area contributed by atoms with E-state index >= 15 is 0 Å². The Balaban J connectivity index is 2.11. The molecular formula is C16H10N2O3. The molecular weight excluding hydrogens is 268 g/mol. The lowest BCUT2D eigenvalue weighted by Gasteiger charge is -2.03. The summed E-state index contributed by atoms with van der Waals surface area (Å²) in [6.45, 7) is 1.70. The molecule has 0 saturated carbocycles. The molecule has 0 N–H and O–H groups in total. The van der Waals surface area contributed by atoms with E-state index in [2.05, 4.69) is 10.1 Å². The number of hydrogen-bond donors (Lipinski definition) is 0. The Kier molecular flexibility index (Phi) is 2.41. The molecule has 0 saturated heterocycles. The summed E-state index contributed by atoms with van der Waals surface area (Å²) >= 11 is 0. The molecule has 0 fully saturated rings. The molecule has 2 aromatic carbocycles. The van der Waals surface area contributed by atoms with Crippen molar-refractivity contribution in [3.05, 3.63) is 58.7 Å². The Morgan fingerprint density at radius 2 is 1.90 bits per heavy atom. The van der Waals surface area contributed by atoms with Gasteiger partial charge in [-0.1, -0.05) is 35.5 Å². The van der Waals surface area contributed by atoms with Crippen LogP contribution in [0, 0.1) is 6.92 Å². The summed E-state index contributed by atoms with van der Waals surface area (Å²) in [5, 5.41) is 6.64. The van der Waals surface area contributed by atoms with Gasteiger partial charge in [-0.05, 0) is 29.8 Å². The van der Waals surface area contributed by atoms with Crippen LogP contribution in [0.2, 0.25) is 0 Å². The Labute approximate surface area is 118 Å². The van der Waals surface area contributed by atoms with Crippen molar-refractivity contribution in [2.75, 3.05) is 0 Å². The minimum Gasteiger partial charge on any atom is -0.422 e. The Hall–Kier alpha value is -2.95. The number of benzene rings is 2. The first kappa shape index (κ1) is 11.8. The number of hydrogen-bond acceptors (Lipinski definition) is 5. The highest BCUT2D eigenvalue weighted by molar-refractivity contribution is 6.06. The zero-order valence-corrected chi connectivity index (χ0v) is 11.2. The van der Waals surface area contributed by atoms with Gasteiger partial charge in [0.1, 0.15) is 11.1 Å². The molecule has 0 amide bonds. The van der Waals surface area contributed by atoms with Crippen LogP contribution in [-0.2, 0) is 0 Å². The van der Waals surface area contributed by atoms with Crippen LogP contribution in [0.4, 0.5) is 0 Å². The van der Waals surface area contributed by atoms with E-state index in [1.807, 2.05) is 30.3 Å². The summed E-state index contributed by atoms with van der Waals surface area (Å²) in [6, 6.07) is 13.4. The molecule has 2 aromatic heterocycles. The Bertz CT molecular complexity index is 1030. The van der Waals surface area contributed by atoms with E-state index in [9.17, 15) is 4.79 Å². The maximum Gasteiger partial charge on any atom is 0.349 e. The van der Waals surface area contributed by atoms with Crippen LogP contribution in [0.25, 0.3) is 33.2 Å². The van der Waals surface area contributed by atoms with Crippen molar-refractivity contribution in [3.63, 3.8) is 0 Å². The second kappa shape index (κ2) is 4.28. The summed E-state index contributed by atoms with van der Waals surface area (Å²) in [5.74, 6) is 0.651. The lowest BCUT2D eigenvalue weighted by atomic mass is 10.0. The Morgan fingerprint density at radius 1 is 1.05 bits per heavy atom. The van der Waals surface area contributed by atoms with Crippen molar-refractivity contribution in [3.8, 4) is 11.5 Å². The van der Waals surface area contributed by atoms with Crippen molar-refractivity contribution >= 4 is 21.7 Å². The van der Waals surface area contributed by atoms with Crippen LogP contribution >= 0.6 is 0 Å². The second-order valence-electron chi connectivity index (χ2n) is 4.79. The normalized spacial score (nSPS) is 11.3. The summed E-state index contributed by atoms with van der Waals surface area (Å²) in [4.78, 5) is 16.2. The zero-order chi connectivity index (χ0) is 14.4. The van der Waals surface area contributed by atoms with Gasteiger partial charge in [0.05, 0.1) is 0 Å². The molecule has 0 unspecified atom stereocenters. The highest BCUT2D eigenvalue weighted by Crippen LogP contribution is 2.27. The predicted octanol–water partition coefficient (Wildman–Crippen LogP) is 3.30. The molecule has 21 heavy (non-hydrogen) atoms. The molecule has 4 aromatic rings. The van der Waals surface area contributed by atoms with Crippen LogP contribution in [-0.4, -0.2) is 10.1 Å². The summed E-state index contributed by atoms with van der Waals surface area (Å²) < 4.78 is 10.5. The third-order valence-corrected chi connectivity index (χ3v) is 3.40. The quantitative estimate of drug-likeness (QED) is 0.394. The monoisotopic (exact) mass is 278 g/mol. The van der Waals surface area contributed by atoms with Crippen molar-refractivity contribution in [2.45, 2.75) is 6.92 Å². The molecule has 4 rings (SSSR count). The van der Waals surface area contributed by atoms with Crippen molar-refractivity contribution in [1.82, 2.24) is 10.1 Å². The Morgan fingerprint density at radius 3 is 2.71 bits per heavy atom. The first-order chi connectivity index (χ1) is 10.2. The van der Waals surface area contributed by atoms with Gasteiger partial charge in [-0.2, -0.15) is 4.98 Å². The minimum absolute atomic E-state index is 0.177. The summed E-state index contributed by atoms with van der Waals surface area (Å²) in [6.07, 6.45) is 0. The third kappa shape index (κ3) is 1.82. The molecule has 0 radical (unpaired) electrons. The molecule has 5 heteroatoms. The van der Waals surface area contributed by atoms with E-state index in [1.54, 1.807) is 19.1 Å². The molecule has 0 aliphatic rings. The van der Waals surface area contributed by atoms with Crippen LogP contribution in [0.5, 0.6) is 0 Å². The number of aromatic nitrogens is 2. The van der Waals surface area contributed by atoms with Crippen LogP contribution < -0.4 is 5.63 Å². The number of rotatable bonds is 1.